The molecule has 2 atom stereocenters. The zero-order chi connectivity index (χ0) is 16.8. The van der Waals surface area contributed by atoms with Gasteiger partial charge in [-0.1, -0.05) is 48.8 Å². The Morgan fingerprint density at radius 1 is 1.09 bits per heavy atom. The van der Waals surface area contributed by atoms with E-state index in [1.54, 1.807) is 6.92 Å². The van der Waals surface area contributed by atoms with Crippen molar-refractivity contribution in [3.05, 3.63) is 34.9 Å². The van der Waals surface area contributed by atoms with Gasteiger partial charge in [-0.15, -0.1) is 0 Å². The van der Waals surface area contributed by atoms with Crippen molar-refractivity contribution in [2.45, 2.75) is 84.8 Å². The van der Waals surface area contributed by atoms with Crippen LogP contribution in [0, 0.1) is 5.92 Å². The van der Waals surface area contributed by atoms with Gasteiger partial charge < -0.3 is 10.2 Å². The summed E-state index contributed by atoms with van der Waals surface area (Å²) in [7, 11) is 0. The molecule has 0 saturated heterocycles. The molecule has 126 valence electrons. The lowest BCUT2D eigenvalue weighted by Gasteiger charge is -2.29. The molecule has 0 unspecified atom stereocenters. The fraction of sp³-hybridized carbons (Fsp3) is 0.700. The third-order valence-electron chi connectivity index (χ3n) is 4.80. The molecule has 2 N–H and O–H groups in total. The van der Waals surface area contributed by atoms with E-state index in [1.165, 1.54) is 16.7 Å². The normalized spacial score (nSPS) is 36.5. The quantitative estimate of drug-likeness (QED) is 0.674. The summed E-state index contributed by atoms with van der Waals surface area (Å²) in [6.07, 6.45) is 11.0. The van der Waals surface area contributed by atoms with Gasteiger partial charge in [-0.3, -0.25) is 0 Å². The van der Waals surface area contributed by atoms with Crippen LogP contribution in [0.3, 0.4) is 0 Å². The van der Waals surface area contributed by atoms with Crippen LogP contribution in [0.15, 0.2) is 34.9 Å². The highest BCUT2D eigenvalue weighted by Crippen LogP contribution is 2.25. The lowest BCUT2D eigenvalue weighted by molar-refractivity contribution is -0.0691. The van der Waals surface area contributed by atoms with Crippen molar-refractivity contribution >= 4 is 0 Å². The standard InChI is InChI=1S/C20H34O2/c1-15(2)18-11-8-16(3)7-6-14-20(5,22)19(21)13-10-17(4)9-12-18/h7,9,12,15,19,21-22H,6,8,10-11,13-14H2,1-5H3/b16-7+,17-9+,18-12+/t19-,20+/m0/s1. The summed E-state index contributed by atoms with van der Waals surface area (Å²) in [6.45, 7) is 10.5. The molecular formula is C20H34O2. The van der Waals surface area contributed by atoms with Gasteiger partial charge in [0.25, 0.3) is 0 Å². The van der Waals surface area contributed by atoms with Gasteiger partial charge in [0.05, 0.1) is 11.7 Å². The van der Waals surface area contributed by atoms with E-state index in [-0.39, 0.29) is 0 Å². The maximum atomic E-state index is 10.4. The Kier molecular flexibility index (Phi) is 7.58. The van der Waals surface area contributed by atoms with Gasteiger partial charge in [0.2, 0.25) is 0 Å². The van der Waals surface area contributed by atoms with Gasteiger partial charge in [0.1, 0.15) is 0 Å². The highest BCUT2D eigenvalue weighted by atomic mass is 16.3. The molecule has 0 bridgehead atoms. The van der Waals surface area contributed by atoms with Crippen molar-refractivity contribution < 1.29 is 10.2 Å². The Hall–Kier alpha value is -0.860. The Balaban J connectivity index is 2.95. The second-order valence-electron chi connectivity index (χ2n) is 7.41. The van der Waals surface area contributed by atoms with E-state index in [0.717, 1.165) is 25.7 Å². The van der Waals surface area contributed by atoms with E-state index in [4.69, 9.17) is 0 Å². The van der Waals surface area contributed by atoms with Crippen molar-refractivity contribution in [3.63, 3.8) is 0 Å². The first-order valence-corrected chi connectivity index (χ1v) is 8.64. The third kappa shape index (κ3) is 6.50. The van der Waals surface area contributed by atoms with Gasteiger partial charge in [-0.25, -0.2) is 0 Å². The smallest absolute Gasteiger partial charge is 0.0880 e. The summed E-state index contributed by atoms with van der Waals surface area (Å²) in [4.78, 5) is 0. The van der Waals surface area contributed by atoms with Crippen LogP contribution in [-0.2, 0) is 0 Å². The molecule has 0 amide bonds. The average molecular weight is 306 g/mol. The Bertz CT molecular complexity index is 439. The first-order valence-electron chi connectivity index (χ1n) is 8.64. The summed E-state index contributed by atoms with van der Waals surface area (Å²) < 4.78 is 0. The fourth-order valence-corrected chi connectivity index (χ4v) is 2.79. The molecule has 0 spiro atoms. The monoisotopic (exact) mass is 306 g/mol. The highest BCUT2D eigenvalue weighted by molar-refractivity contribution is 5.19. The summed E-state index contributed by atoms with van der Waals surface area (Å²) in [5.74, 6) is 0.566. The summed E-state index contributed by atoms with van der Waals surface area (Å²) in [6, 6.07) is 0. The molecule has 1 aliphatic carbocycles. The van der Waals surface area contributed by atoms with Gasteiger partial charge >= 0.3 is 0 Å². The Morgan fingerprint density at radius 2 is 1.77 bits per heavy atom. The molecule has 2 heteroatoms. The van der Waals surface area contributed by atoms with Crippen molar-refractivity contribution in [3.8, 4) is 0 Å². The predicted octanol–water partition coefficient (Wildman–Crippen LogP) is 4.93. The van der Waals surface area contributed by atoms with Crippen LogP contribution in [0.5, 0.6) is 0 Å². The average Bonchev–Trinajstić information content (AvgIpc) is 2.43. The largest absolute Gasteiger partial charge is 0.390 e. The second-order valence-corrected chi connectivity index (χ2v) is 7.41. The van der Waals surface area contributed by atoms with Crippen LogP contribution in [0.25, 0.3) is 0 Å². The SMILES string of the molecule is C/C1=C\CC[C@@](C)(O)[C@@H](O)CC/C(C)=C/C=C(/C(C)C)CC1. The molecule has 1 rings (SSSR count). The van der Waals surface area contributed by atoms with Crippen LogP contribution in [0.1, 0.15) is 73.1 Å². The van der Waals surface area contributed by atoms with Crippen LogP contribution >= 0.6 is 0 Å². The highest BCUT2D eigenvalue weighted by Gasteiger charge is 2.29. The first kappa shape index (κ1) is 19.2. The van der Waals surface area contributed by atoms with E-state index in [1.807, 2.05) is 0 Å². The third-order valence-corrected chi connectivity index (χ3v) is 4.80. The van der Waals surface area contributed by atoms with Crippen LogP contribution < -0.4 is 0 Å². The van der Waals surface area contributed by atoms with E-state index < -0.39 is 11.7 Å². The molecule has 0 aromatic carbocycles. The van der Waals surface area contributed by atoms with Crippen molar-refractivity contribution in [2.24, 2.45) is 5.92 Å². The number of hydrogen-bond acceptors (Lipinski definition) is 2. The fourth-order valence-electron chi connectivity index (χ4n) is 2.79. The molecule has 0 aromatic rings. The Labute approximate surface area is 136 Å². The summed E-state index contributed by atoms with van der Waals surface area (Å²) in [5.41, 5.74) is 3.11. The van der Waals surface area contributed by atoms with Crippen LogP contribution in [-0.4, -0.2) is 21.9 Å². The van der Waals surface area contributed by atoms with E-state index >= 15 is 0 Å². The van der Waals surface area contributed by atoms with Crippen LogP contribution in [0.4, 0.5) is 0 Å². The molecule has 0 radical (unpaired) electrons. The van der Waals surface area contributed by atoms with Gasteiger partial charge in [0.15, 0.2) is 0 Å². The minimum Gasteiger partial charge on any atom is -0.390 e. The van der Waals surface area contributed by atoms with Gasteiger partial charge in [-0.05, 0) is 65.2 Å². The topological polar surface area (TPSA) is 40.5 Å². The second kappa shape index (κ2) is 8.69. The van der Waals surface area contributed by atoms with Gasteiger partial charge in [0, 0.05) is 0 Å². The summed E-state index contributed by atoms with van der Waals surface area (Å²) >= 11 is 0. The van der Waals surface area contributed by atoms with Crippen molar-refractivity contribution in [2.75, 3.05) is 0 Å². The summed E-state index contributed by atoms with van der Waals surface area (Å²) in [5, 5.41) is 20.7. The van der Waals surface area contributed by atoms with E-state index in [2.05, 4.69) is 45.9 Å². The molecule has 0 aromatic heterocycles. The molecular weight excluding hydrogens is 272 g/mol. The van der Waals surface area contributed by atoms with E-state index in [9.17, 15) is 10.2 Å². The van der Waals surface area contributed by atoms with Crippen molar-refractivity contribution in [1.82, 2.24) is 0 Å². The van der Waals surface area contributed by atoms with Crippen molar-refractivity contribution in [1.29, 1.82) is 0 Å². The minimum absolute atomic E-state index is 0.566. The predicted molar refractivity (Wildman–Crippen MR) is 94.8 cm³/mol. The first-order chi connectivity index (χ1) is 10.2. The molecule has 22 heavy (non-hydrogen) atoms. The number of hydrogen-bond donors (Lipinski definition) is 2. The molecule has 0 aliphatic heterocycles. The number of rotatable bonds is 1. The zero-order valence-electron chi connectivity index (χ0n) is 15.0. The lowest BCUT2D eigenvalue weighted by Crippen LogP contribution is -2.39. The number of allylic oxidation sites excluding steroid dienone is 6. The number of aliphatic hydroxyl groups excluding tert-OH is 1. The van der Waals surface area contributed by atoms with Crippen LogP contribution in [0.2, 0.25) is 0 Å². The molecule has 0 fully saturated rings. The lowest BCUT2D eigenvalue weighted by atomic mass is 9.88. The van der Waals surface area contributed by atoms with Gasteiger partial charge in [-0.2, -0.15) is 0 Å². The molecule has 0 heterocycles. The minimum atomic E-state index is -1.000. The maximum absolute atomic E-state index is 10.4. The van der Waals surface area contributed by atoms with E-state index in [0.29, 0.717) is 18.8 Å². The Morgan fingerprint density at radius 3 is 2.41 bits per heavy atom. The maximum Gasteiger partial charge on any atom is 0.0880 e. The molecule has 0 saturated carbocycles. The number of aliphatic hydroxyl groups is 2. The molecule has 1 aliphatic rings. The zero-order valence-corrected chi connectivity index (χ0v) is 15.0. The molecule has 2 nitrogen and oxygen atoms in total.